The average Bonchev–Trinajstić information content (AvgIpc) is 2.58. The molecule has 3 heteroatoms. The second kappa shape index (κ2) is 6.10. The van der Waals surface area contributed by atoms with Crippen molar-refractivity contribution >= 4 is 5.69 Å². The van der Waals surface area contributed by atoms with E-state index in [0.29, 0.717) is 11.8 Å². The maximum absolute atomic E-state index is 9.42. The zero-order valence-corrected chi connectivity index (χ0v) is 11.4. The van der Waals surface area contributed by atoms with Crippen LogP contribution in [-0.4, -0.2) is 35.7 Å². The number of likely N-dealkylation sites (tertiary alicyclic amines) is 1. The van der Waals surface area contributed by atoms with Crippen molar-refractivity contribution in [1.29, 1.82) is 0 Å². The Labute approximate surface area is 110 Å². The normalized spacial score (nSPS) is 21.6. The summed E-state index contributed by atoms with van der Waals surface area (Å²) >= 11 is 0. The molecule has 0 radical (unpaired) electrons. The van der Waals surface area contributed by atoms with Gasteiger partial charge in [-0.05, 0) is 63.0 Å². The van der Waals surface area contributed by atoms with Gasteiger partial charge < -0.3 is 15.3 Å². The largest absolute Gasteiger partial charge is 0.508 e. The average molecular weight is 248 g/mol. The van der Waals surface area contributed by atoms with Crippen molar-refractivity contribution in [3.8, 4) is 5.75 Å². The van der Waals surface area contributed by atoms with Gasteiger partial charge in [-0.2, -0.15) is 0 Å². The summed E-state index contributed by atoms with van der Waals surface area (Å²) in [6, 6.07) is 6.11. The van der Waals surface area contributed by atoms with Crippen LogP contribution in [0.1, 0.15) is 31.7 Å². The highest BCUT2D eigenvalue weighted by molar-refractivity contribution is 5.53. The number of nitrogens with zero attached hydrogens (tertiary/aromatic N) is 1. The van der Waals surface area contributed by atoms with E-state index in [1.165, 1.54) is 32.4 Å². The van der Waals surface area contributed by atoms with Crippen molar-refractivity contribution < 1.29 is 5.11 Å². The summed E-state index contributed by atoms with van der Waals surface area (Å²) in [6.45, 7) is 7.84. The van der Waals surface area contributed by atoms with Gasteiger partial charge >= 0.3 is 0 Å². The highest BCUT2D eigenvalue weighted by Gasteiger charge is 2.16. The molecule has 2 N–H and O–H groups in total. The number of rotatable bonds is 3. The first kappa shape index (κ1) is 13.2. The molecule has 0 spiro atoms. The molecular weight excluding hydrogens is 224 g/mol. The van der Waals surface area contributed by atoms with E-state index in [1.54, 1.807) is 6.07 Å². The lowest BCUT2D eigenvalue weighted by Crippen LogP contribution is -2.26. The second-order valence-corrected chi connectivity index (χ2v) is 5.21. The fourth-order valence-corrected chi connectivity index (χ4v) is 2.65. The van der Waals surface area contributed by atoms with Crippen molar-refractivity contribution in [2.45, 2.75) is 39.2 Å². The van der Waals surface area contributed by atoms with Gasteiger partial charge in [-0.1, -0.05) is 6.92 Å². The number of aromatic hydroxyl groups is 1. The van der Waals surface area contributed by atoms with Crippen LogP contribution in [0.2, 0.25) is 0 Å². The van der Waals surface area contributed by atoms with E-state index >= 15 is 0 Å². The maximum atomic E-state index is 9.42. The number of aryl methyl sites for hydroxylation is 1. The fourth-order valence-electron chi connectivity index (χ4n) is 2.65. The lowest BCUT2D eigenvalue weighted by atomic mass is 10.1. The van der Waals surface area contributed by atoms with E-state index in [0.717, 1.165) is 17.8 Å². The third kappa shape index (κ3) is 3.39. The Balaban J connectivity index is 1.96. The molecule has 1 aromatic carbocycles. The Hall–Kier alpha value is -1.22. The monoisotopic (exact) mass is 248 g/mol. The van der Waals surface area contributed by atoms with E-state index in [2.05, 4.69) is 17.1 Å². The SMILES string of the molecule is CCN1CCCC(Nc2ccc(O)cc2C)CC1. The van der Waals surface area contributed by atoms with E-state index < -0.39 is 0 Å². The van der Waals surface area contributed by atoms with Gasteiger partial charge in [0.2, 0.25) is 0 Å². The van der Waals surface area contributed by atoms with Crippen LogP contribution < -0.4 is 5.32 Å². The number of phenolic OH excluding ortho intramolecular Hbond substituents is 1. The first-order valence-electron chi connectivity index (χ1n) is 6.97. The Morgan fingerprint density at radius 1 is 1.33 bits per heavy atom. The van der Waals surface area contributed by atoms with Gasteiger partial charge in [0.05, 0.1) is 0 Å². The van der Waals surface area contributed by atoms with E-state index in [4.69, 9.17) is 0 Å². The molecule has 1 atom stereocenters. The molecule has 1 aliphatic rings. The number of hydrogen-bond donors (Lipinski definition) is 2. The van der Waals surface area contributed by atoms with Crippen LogP contribution >= 0.6 is 0 Å². The molecule has 0 saturated carbocycles. The van der Waals surface area contributed by atoms with Crippen molar-refractivity contribution in [2.75, 3.05) is 25.0 Å². The maximum Gasteiger partial charge on any atom is 0.115 e. The minimum atomic E-state index is 0.344. The van der Waals surface area contributed by atoms with Crippen molar-refractivity contribution in [2.24, 2.45) is 0 Å². The third-order valence-corrected chi connectivity index (χ3v) is 3.84. The van der Waals surface area contributed by atoms with E-state index in [-0.39, 0.29) is 0 Å². The summed E-state index contributed by atoms with van der Waals surface area (Å²) in [5, 5.41) is 13.0. The predicted octanol–water partition coefficient (Wildman–Crippen LogP) is 2.99. The summed E-state index contributed by atoms with van der Waals surface area (Å²) in [4.78, 5) is 2.52. The summed E-state index contributed by atoms with van der Waals surface area (Å²) in [5.41, 5.74) is 2.27. The van der Waals surface area contributed by atoms with Crippen LogP contribution in [0, 0.1) is 6.92 Å². The Morgan fingerprint density at radius 3 is 2.89 bits per heavy atom. The van der Waals surface area contributed by atoms with Crippen molar-refractivity contribution in [1.82, 2.24) is 4.90 Å². The van der Waals surface area contributed by atoms with E-state index in [1.807, 2.05) is 19.1 Å². The van der Waals surface area contributed by atoms with Crippen LogP contribution in [0.3, 0.4) is 0 Å². The number of phenols is 1. The summed E-state index contributed by atoms with van der Waals surface area (Å²) in [6.07, 6.45) is 3.70. The molecule has 0 aromatic heterocycles. The lowest BCUT2D eigenvalue weighted by Gasteiger charge is -2.20. The summed E-state index contributed by atoms with van der Waals surface area (Å²) in [5.74, 6) is 0.344. The molecule has 100 valence electrons. The third-order valence-electron chi connectivity index (χ3n) is 3.84. The van der Waals surface area contributed by atoms with Crippen LogP contribution in [0.25, 0.3) is 0 Å². The molecular formula is C15H24N2O. The quantitative estimate of drug-likeness (QED) is 0.807. The number of anilines is 1. The van der Waals surface area contributed by atoms with Gasteiger partial charge in [0.1, 0.15) is 5.75 Å². The first-order chi connectivity index (χ1) is 8.69. The minimum absolute atomic E-state index is 0.344. The molecule has 1 fully saturated rings. The van der Waals surface area contributed by atoms with Gasteiger partial charge in [0.15, 0.2) is 0 Å². The first-order valence-corrected chi connectivity index (χ1v) is 6.97. The smallest absolute Gasteiger partial charge is 0.115 e. The van der Waals surface area contributed by atoms with Crippen LogP contribution in [0.5, 0.6) is 5.75 Å². The highest BCUT2D eigenvalue weighted by Crippen LogP contribution is 2.23. The van der Waals surface area contributed by atoms with Crippen LogP contribution in [-0.2, 0) is 0 Å². The Morgan fingerprint density at radius 2 is 2.17 bits per heavy atom. The molecule has 1 heterocycles. The molecule has 3 nitrogen and oxygen atoms in total. The molecule has 0 aliphatic carbocycles. The van der Waals surface area contributed by atoms with Crippen molar-refractivity contribution in [3.05, 3.63) is 23.8 Å². The Kier molecular flexibility index (Phi) is 4.48. The van der Waals surface area contributed by atoms with Gasteiger partial charge in [-0.15, -0.1) is 0 Å². The molecule has 0 bridgehead atoms. The lowest BCUT2D eigenvalue weighted by molar-refractivity contribution is 0.300. The summed E-state index contributed by atoms with van der Waals surface area (Å²) < 4.78 is 0. The fraction of sp³-hybridized carbons (Fsp3) is 0.600. The molecule has 1 unspecified atom stereocenters. The van der Waals surface area contributed by atoms with Crippen LogP contribution in [0.15, 0.2) is 18.2 Å². The van der Waals surface area contributed by atoms with E-state index in [9.17, 15) is 5.11 Å². The van der Waals surface area contributed by atoms with Crippen LogP contribution in [0.4, 0.5) is 5.69 Å². The molecule has 18 heavy (non-hydrogen) atoms. The second-order valence-electron chi connectivity index (χ2n) is 5.21. The van der Waals surface area contributed by atoms with Crippen molar-refractivity contribution in [3.63, 3.8) is 0 Å². The molecule has 0 amide bonds. The molecule has 1 saturated heterocycles. The molecule has 2 rings (SSSR count). The number of hydrogen-bond acceptors (Lipinski definition) is 3. The predicted molar refractivity (Wildman–Crippen MR) is 76.2 cm³/mol. The molecule has 1 aliphatic heterocycles. The highest BCUT2D eigenvalue weighted by atomic mass is 16.3. The summed E-state index contributed by atoms with van der Waals surface area (Å²) in [7, 11) is 0. The standard InChI is InChI=1S/C15H24N2O/c1-3-17-9-4-5-13(8-10-17)16-15-7-6-14(18)11-12(15)2/h6-7,11,13,16,18H,3-5,8-10H2,1-2H3. The van der Waals surface area contributed by atoms with Gasteiger partial charge in [0.25, 0.3) is 0 Å². The minimum Gasteiger partial charge on any atom is -0.508 e. The Bertz CT molecular complexity index is 392. The zero-order chi connectivity index (χ0) is 13.0. The number of nitrogens with one attached hydrogen (secondary N) is 1. The zero-order valence-electron chi connectivity index (χ0n) is 11.4. The van der Waals surface area contributed by atoms with Gasteiger partial charge in [0, 0.05) is 18.3 Å². The van der Waals surface area contributed by atoms with Gasteiger partial charge in [-0.3, -0.25) is 0 Å². The van der Waals surface area contributed by atoms with Gasteiger partial charge in [-0.25, -0.2) is 0 Å². The molecule has 1 aromatic rings. The topological polar surface area (TPSA) is 35.5 Å². The number of benzene rings is 1.